The molecule has 30 heavy (non-hydrogen) atoms. The summed E-state index contributed by atoms with van der Waals surface area (Å²) in [6.07, 6.45) is 0. The number of aromatic nitrogens is 4. The van der Waals surface area contributed by atoms with E-state index in [1.807, 2.05) is 31.2 Å². The maximum Gasteiger partial charge on any atom is 0.302 e. The van der Waals surface area contributed by atoms with Crippen molar-refractivity contribution in [2.24, 2.45) is 0 Å². The summed E-state index contributed by atoms with van der Waals surface area (Å²) in [6, 6.07) is 14.6. The molecule has 0 spiro atoms. The molecule has 0 bridgehead atoms. The number of nitrogens with one attached hydrogen (secondary N) is 1. The number of ether oxygens (including phenoxy) is 1. The molecule has 2 aromatic heterocycles. The lowest BCUT2D eigenvalue weighted by Gasteiger charge is -2.06. The molecule has 0 aliphatic carbocycles. The zero-order valence-corrected chi connectivity index (χ0v) is 17.8. The molecule has 0 fully saturated rings. The van der Waals surface area contributed by atoms with Crippen LogP contribution in [0.1, 0.15) is 5.56 Å². The molecule has 2 heterocycles. The number of methoxy groups -OCH3 is 1. The number of carbonyl (C=O) groups excluding carboxylic acids is 1. The Morgan fingerprint density at radius 3 is 2.67 bits per heavy atom. The molecule has 0 saturated carbocycles. The third kappa shape index (κ3) is 4.19. The minimum Gasteiger partial charge on any atom is -0.497 e. The van der Waals surface area contributed by atoms with E-state index in [9.17, 15) is 9.59 Å². The number of rotatable bonds is 6. The van der Waals surface area contributed by atoms with Crippen LogP contribution in [-0.2, 0) is 4.79 Å². The van der Waals surface area contributed by atoms with Gasteiger partial charge in [-0.3, -0.25) is 9.59 Å². The molecule has 0 atom stereocenters. The number of nitrogens with zero attached hydrogens (tertiary/aromatic N) is 4. The topological polar surface area (TPSA) is 98.5 Å². The molecular weight excluding hydrogens is 422 g/mol. The Balaban J connectivity index is 1.50. The zero-order chi connectivity index (χ0) is 21.1. The largest absolute Gasteiger partial charge is 0.497 e. The van der Waals surface area contributed by atoms with Gasteiger partial charge >= 0.3 is 5.56 Å². The van der Waals surface area contributed by atoms with Crippen molar-refractivity contribution in [1.82, 2.24) is 19.8 Å². The molecule has 4 aromatic rings. The van der Waals surface area contributed by atoms with Crippen LogP contribution in [0, 0.1) is 6.92 Å². The van der Waals surface area contributed by atoms with Crippen molar-refractivity contribution in [3.05, 3.63) is 64.4 Å². The Bertz CT molecular complexity index is 1270. The molecule has 1 N–H and O–H groups in total. The predicted molar refractivity (Wildman–Crippen MR) is 117 cm³/mol. The van der Waals surface area contributed by atoms with Crippen molar-refractivity contribution in [2.75, 3.05) is 18.2 Å². The van der Waals surface area contributed by atoms with Crippen LogP contribution in [0.5, 0.6) is 5.75 Å². The summed E-state index contributed by atoms with van der Waals surface area (Å²) in [5.41, 5.74) is 2.23. The third-order valence-electron chi connectivity index (χ3n) is 4.28. The van der Waals surface area contributed by atoms with Crippen LogP contribution in [0.2, 0.25) is 0 Å². The first-order valence-electron chi connectivity index (χ1n) is 8.94. The van der Waals surface area contributed by atoms with E-state index < -0.39 is 0 Å². The number of hydrogen-bond acceptors (Lipinski definition) is 8. The number of hydrogen-bond donors (Lipinski definition) is 1. The van der Waals surface area contributed by atoms with E-state index in [0.29, 0.717) is 20.6 Å². The van der Waals surface area contributed by atoms with E-state index in [1.54, 1.807) is 31.4 Å². The van der Waals surface area contributed by atoms with Gasteiger partial charge in [-0.05, 0) is 42.8 Å². The minimum absolute atomic E-state index is 0.147. The number of amides is 1. The fourth-order valence-electron chi connectivity index (χ4n) is 2.71. The van der Waals surface area contributed by atoms with Crippen LogP contribution in [-0.4, -0.2) is 38.6 Å². The van der Waals surface area contributed by atoms with Gasteiger partial charge in [-0.1, -0.05) is 41.3 Å². The van der Waals surface area contributed by atoms with Gasteiger partial charge in [-0.2, -0.15) is 4.52 Å². The van der Waals surface area contributed by atoms with Crippen LogP contribution in [0.3, 0.4) is 0 Å². The minimum atomic E-state index is -0.363. The van der Waals surface area contributed by atoms with E-state index in [1.165, 1.54) is 27.6 Å². The maximum atomic E-state index is 12.8. The van der Waals surface area contributed by atoms with Gasteiger partial charge in [0, 0.05) is 11.3 Å². The Labute approximate surface area is 179 Å². The highest BCUT2D eigenvalue weighted by molar-refractivity contribution is 8.01. The number of carbonyl (C=O) groups is 1. The highest BCUT2D eigenvalue weighted by Gasteiger charge is 2.15. The molecular formula is C20H17N5O3S2. The van der Waals surface area contributed by atoms with Crippen LogP contribution in [0.4, 0.5) is 5.69 Å². The van der Waals surface area contributed by atoms with E-state index in [4.69, 9.17) is 4.74 Å². The van der Waals surface area contributed by atoms with E-state index in [2.05, 4.69) is 20.6 Å². The summed E-state index contributed by atoms with van der Waals surface area (Å²) in [5, 5.41) is 15.4. The Kier molecular flexibility index (Phi) is 5.77. The van der Waals surface area contributed by atoms with Gasteiger partial charge in [-0.15, -0.1) is 15.3 Å². The number of thioether (sulfide) groups is 1. The van der Waals surface area contributed by atoms with Gasteiger partial charge in [0.15, 0.2) is 10.0 Å². The standard InChI is InChI=1S/C20H17N5O3S2/c1-12-5-3-4-6-15(12)21-16(26)11-29-20-24-25-18(27)17(22-23-19(25)30-20)13-7-9-14(28-2)10-8-13/h3-10H,11H2,1-2H3,(H,21,26). The first-order valence-corrected chi connectivity index (χ1v) is 10.7. The van der Waals surface area contributed by atoms with Gasteiger partial charge in [0.2, 0.25) is 10.9 Å². The van der Waals surface area contributed by atoms with Crippen molar-refractivity contribution in [1.29, 1.82) is 0 Å². The molecule has 0 aliphatic heterocycles. The fraction of sp³-hybridized carbons (Fsp3) is 0.150. The van der Waals surface area contributed by atoms with Gasteiger partial charge in [0.05, 0.1) is 12.9 Å². The molecule has 152 valence electrons. The van der Waals surface area contributed by atoms with E-state index >= 15 is 0 Å². The smallest absolute Gasteiger partial charge is 0.302 e. The summed E-state index contributed by atoms with van der Waals surface area (Å²) >= 11 is 2.46. The quantitative estimate of drug-likeness (QED) is 0.461. The van der Waals surface area contributed by atoms with Crippen LogP contribution >= 0.6 is 23.1 Å². The van der Waals surface area contributed by atoms with Crippen molar-refractivity contribution >= 4 is 39.7 Å². The Hall–Kier alpha value is -3.24. The maximum absolute atomic E-state index is 12.8. The lowest BCUT2D eigenvalue weighted by Crippen LogP contribution is -2.19. The van der Waals surface area contributed by atoms with Crippen molar-refractivity contribution in [3.63, 3.8) is 0 Å². The number of benzene rings is 2. The van der Waals surface area contributed by atoms with Gasteiger partial charge in [0.25, 0.3) is 0 Å². The summed E-state index contributed by atoms with van der Waals surface area (Å²) in [5.74, 6) is 0.705. The molecule has 0 unspecified atom stereocenters. The van der Waals surface area contributed by atoms with Gasteiger partial charge in [0.1, 0.15) is 5.75 Å². The third-order valence-corrected chi connectivity index (χ3v) is 6.31. The summed E-state index contributed by atoms with van der Waals surface area (Å²) < 4.78 is 6.92. The number of anilines is 1. The monoisotopic (exact) mass is 439 g/mol. The van der Waals surface area contributed by atoms with Crippen molar-refractivity contribution in [3.8, 4) is 17.0 Å². The average molecular weight is 440 g/mol. The highest BCUT2D eigenvalue weighted by Crippen LogP contribution is 2.24. The van der Waals surface area contributed by atoms with Crippen LogP contribution in [0.25, 0.3) is 16.2 Å². The summed E-state index contributed by atoms with van der Waals surface area (Å²) in [4.78, 5) is 25.4. The van der Waals surface area contributed by atoms with Gasteiger partial charge in [-0.25, -0.2) is 0 Å². The first kappa shape index (κ1) is 20.0. The van der Waals surface area contributed by atoms with Crippen molar-refractivity contribution in [2.45, 2.75) is 11.3 Å². The molecule has 4 rings (SSSR count). The summed E-state index contributed by atoms with van der Waals surface area (Å²) in [6.45, 7) is 1.93. The van der Waals surface area contributed by atoms with Crippen LogP contribution < -0.4 is 15.6 Å². The zero-order valence-electron chi connectivity index (χ0n) is 16.2. The first-order chi connectivity index (χ1) is 14.5. The van der Waals surface area contributed by atoms with Crippen LogP contribution in [0.15, 0.2) is 57.7 Å². The molecule has 0 radical (unpaired) electrons. The van der Waals surface area contributed by atoms with Crippen molar-refractivity contribution < 1.29 is 9.53 Å². The fourth-order valence-corrected chi connectivity index (χ4v) is 4.38. The normalized spacial score (nSPS) is 10.9. The number of fused-ring (bicyclic) bond motifs is 1. The average Bonchev–Trinajstić information content (AvgIpc) is 3.19. The Morgan fingerprint density at radius 1 is 1.17 bits per heavy atom. The second kappa shape index (κ2) is 8.64. The molecule has 1 amide bonds. The van der Waals surface area contributed by atoms with E-state index in [-0.39, 0.29) is 22.9 Å². The summed E-state index contributed by atoms with van der Waals surface area (Å²) in [7, 11) is 1.57. The van der Waals surface area contributed by atoms with E-state index in [0.717, 1.165) is 11.3 Å². The second-order valence-corrected chi connectivity index (χ2v) is 8.47. The Morgan fingerprint density at radius 2 is 1.93 bits per heavy atom. The highest BCUT2D eigenvalue weighted by atomic mass is 32.2. The molecule has 2 aromatic carbocycles. The number of para-hydroxylation sites is 1. The number of aryl methyl sites for hydroxylation is 1. The second-order valence-electron chi connectivity index (χ2n) is 6.30. The molecule has 0 saturated heterocycles. The lowest BCUT2D eigenvalue weighted by molar-refractivity contribution is -0.113. The predicted octanol–water partition coefficient (Wildman–Crippen LogP) is 3.26. The molecule has 0 aliphatic rings. The SMILES string of the molecule is COc1ccc(-c2nnc3sc(SCC(=O)Nc4ccccc4C)nn3c2=O)cc1. The molecule has 10 heteroatoms. The molecule has 8 nitrogen and oxygen atoms in total. The lowest BCUT2D eigenvalue weighted by atomic mass is 10.1. The van der Waals surface area contributed by atoms with Gasteiger partial charge < -0.3 is 10.1 Å².